The molecule has 1 aromatic carbocycles. The van der Waals surface area contributed by atoms with Gasteiger partial charge in [-0.1, -0.05) is 29.8 Å². The second kappa shape index (κ2) is 5.66. The molecule has 2 rings (SSSR count). The van der Waals surface area contributed by atoms with Gasteiger partial charge in [0.15, 0.2) is 11.1 Å². The van der Waals surface area contributed by atoms with Crippen LogP contribution in [0.4, 0.5) is 0 Å². The van der Waals surface area contributed by atoms with E-state index in [0.717, 1.165) is 5.56 Å². The van der Waals surface area contributed by atoms with Gasteiger partial charge in [0, 0.05) is 25.4 Å². The molecular formula is C15H21NO3S. The molecule has 0 aromatic heterocycles. The lowest BCUT2D eigenvalue weighted by molar-refractivity contribution is -0.128. The van der Waals surface area contributed by atoms with Gasteiger partial charge >= 0.3 is 0 Å². The third kappa shape index (κ3) is 3.10. The zero-order chi connectivity index (χ0) is 14.9. The molecule has 2 unspecified atom stereocenters. The van der Waals surface area contributed by atoms with E-state index in [9.17, 15) is 13.6 Å². The molecule has 2 atom stereocenters. The third-order valence-corrected chi connectivity index (χ3v) is 5.38. The number of carbonyl (C=O) groups excluding carboxylic acids is 1. The number of carbonyl (C=O) groups is 1. The molecule has 1 amide bonds. The van der Waals surface area contributed by atoms with Crippen LogP contribution in [0.2, 0.25) is 0 Å². The number of nitrogens with zero attached hydrogens (tertiary/aromatic N) is 1. The monoisotopic (exact) mass is 295 g/mol. The van der Waals surface area contributed by atoms with Crippen molar-refractivity contribution in [1.29, 1.82) is 0 Å². The number of rotatable bonds is 4. The summed E-state index contributed by atoms with van der Waals surface area (Å²) in [5, 5.41) is 0. The Morgan fingerprint density at radius 1 is 1.35 bits per heavy atom. The second-order valence-corrected chi connectivity index (χ2v) is 7.56. The predicted octanol–water partition coefficient (Wildman–Crippen LogP) is 2.34. The van der Waals surface area contributed by atoms with Crippen LogP contribution < -0.4 is 0 Å². The van der Waals surface area contributed by atoms with Crippen LogP contribution in [0, 0.1) is 12.8 Å². The number of benzene rings is 1. The van der Waals surface area contributed by atoms with Crippen molar-refractivity contribution in [2.45, 2.75) is 38.5 Å². The molecule has 110 valence electrons. The average Bonchev–Trinajstić information content (AvgIpc) is 2.74. The number of hydrogen-bond acceptors (Lipinski definition) is 2. The molecule has 0 bridgehead atoms. The van der Waals surface area contributed by atoms with Gasteiger partial charge in [-0.3, -0.25) is 4.79 Å². The molecule has 1 aliphatic heterocycles. The van der Waals surface area contributed by atoms with E-state index < -0.39 is 15.8 Å². The van der Waals surface area contributed by atoms with Crippen LogP contribution in [0.5, 0.6) is 0 Å². The number of aryl methyl sites for hydroxylation is 1. The van der Waals surface area contributed by atoms with Crippen LogP contribution in [-0.2, 0) is 22.4 Å². The first-order valence-electron chi connectivity index (χ1n) is 6.75. The van der Waals surface area contributed by atoms with Crippen molar-refractivity contribution in [3.63, 3.8) is 0 Å². The Morgan fingerprint density at radius 3 is 2.50 bits per heavy atom. The molecule has 1 fully saturated rings. The van der Waals surface area contributed by atoms with Crippen molar-refractivity contribution in [3.8, 4) is 0 Å². The van der Waals surface area contributed by atoms with Gasteiger partial charge in [0.05, 0.1) is 4.75 Å². The van der Waals surface area contributed by atoms with Gasteiger partial charge in [0.1, 0.15) is 0 Å². The Balaban J connectivity index is 2.06. The summed E-state index contributed by atoms with van der Waals surface area (Å²) in [5.41, 5.74) is 2.28. The van der Waals surface area contributed by atoms with Crippen molar-refractivity contribution in [3.05, 3.63) is 35.4 Å². The lowest BCUT2D eigenvalue weighted by Crippen LogP contribution is -2.37. The van der Waals surface area contributed by atoms with Crippen molar-refractivity contribution in [1.82, 2.24) is 4.90 Å². The highest BCUT2D eigenvalue weighted by atomic mass is 32.2. The van der Waals surface area contributed by atoms with Crippen molar-refractivity contribution >= 4 is 17.0 Å². The van der Waals surface area contributed by atoms with Gasteiger partial charge in [-0.2, -0.15) is 0 Å². The largest absolute Gasteiger partial charge is 0.338 e. The Morgan fingerprint density at radius 2 is 1.95 bits per heavy atom. The Labute approximate surface area is 122 Å². The van der Waals surface area contributed by atoms with E-state index in [4.69, 9.17) is 0 Å². The summed E-state index contributed by atoms with van der Waals surface area (Å²) in [6.07, 6.45) is 0.352. The quantitative estimate of drug-likeness (QED) is 0.867. The summed E-state index contributed by atoms with van der Waals surface area (Å²) in [6, 6.07) is 8.09. The first kappa shape index (κ1) is 15.2. The number of likely N-dealkylation sites (tertiary alicyclic amines) is 1. The topological polar surface area (TPSA) is 57.6 Å². The van der Waals surface area contributed by atoms with E-state index >= 15 is 0 Å². The fourth-order valence-electron chi connectivity index (χ4n) is 2.45. The van der Waals surface area contributed by atoms with Gasteiger partial charge in [-0.25, -0.2) is 4.21 Å². The zero-order valence-electron chi connectivity index (χ0n) is 12.1. The molecule has 0 radical (unpaired) electrons. The number of amides is 1. The molecule has 1 heterocycles. The van der Waals surface area contributed by atoms with Gasteiger partial charge in [-0.15, -0.1) is 0 Å². The van der Waals surface area contributed by atoms with Crippen molar-refractivity contribution < 1.29 is 13.6 Å². The van der Waals surface area contributed by atoms with Gasteiger partial charge in [-0.05, 0) is 26.3 Å². The lowest BCUT2D eigenvalue weighted by atomic mass is 9.94. The van der Waals surface area contributed by atoms with Crippen LogP contribution >= 0.6 is 0 Å². The third-order valence-electron chi connectivity index (χ3n) is 4.14. The van der Waals surface area contributed by atoms with Crippen LogP contribution in [0.15, 0.2) is 24.3 Å². The highest BCUT2D eigenvalue weighted by Crippen LogP contribution is 2.32. The molecular weight excluding hydrogens is 274 g/mol. The first-order valence-corrected chi connectivity index (χ1v) is 7.85. The Kier molecular flexibility index (Phi) is 4.30. The molecule has 1 aromatic rings. The van der Waals surface area contributed by atoms with E-state index in [1.54, 1.807) is 18.7 Å². The van der Waals surface area contributed by atoms with E-state index in [-0.39, 0.29) is 11.8 Å². The molecule has 1 saturated heterocycles. The van der Waals surface area contributed by atoms with Crippen LogP contribution in [-0.4, -0.2) is 30.9 Å². The van der Waals surface area contributed by atoms with Gasteiger partial charge < -0.3 is 9.45 Å². The van der Waals surface area contributed by atoms with Crippen molar-refractivity contribution in [2.75, 3.05) is 6.54 Å². The maximum atomic E-state index is 12.1. The molecule has 0 spiro atoms. The molecule has 20 heavy (non-hydrogen) atoms. The van der Waals surface area contributed by atoms with E-state index in [2.05, 4.69) is 0 Å². The maximum absolute atomic E-state index is 12.1. The van der Waals surface area contributed by atoms with Crippen molar-refractivity contribution in [2.24, 2.45) is 5.92 Å². The van der Waals surface area contributed by atoms with E-state index in [0.29, 0.717) is 19.5 Å². The molecule has 1 N–H and O–H groups in total. The predicted molar refractivity (Wildman–Crippen MR) is 79.6 cm³/mol. The minimum atomic E-state index is -1.92. The molecule has 0 saturated carbocycles. The molecule has 4 nitrogen and oxygen atoms in total. The van der Waals surface area contributed by atoms with Crippen LogP contribution in [0.25, 0.3) is 0 Å². The van der Waals surface area contributed by atoms with E-state index in [1.807, 2.05) is 31.2 Å². The lowest BCUT2D eigenvalue weighted by Gasteiger charge is -2.27. The van der Waals surface area contributed by atoms with Gasteiger partial charge in [0.25, 0.3) is 0 Å². The smallest absolute Gasteiger partial charge is 0.223 e. The standard InChI is InChI=1S/C15H21NO3S/c1-11-4-6-12(7-5-11)9-16-10-13(8-14(16)17)15(2,3)20(18)19/h4-7,13H,8-10H2,1-3H3,(H,18,19). The highest BCUT2D eigenvalue weighted by Gasteiger charge is 2.42. The minimum Gasteiger partial charge on any atom is -0.338 e. The summed E-state index contributed by atoms with van der Waals surface area (Å²) in [7, 11) is 0. The summed E-state index contributed by atoms with van der Waals surface area (Å²) < 4.78 is 20.0. The normalized spacial score (nSPS) is 21.3. The molecule has 0 aliphatic carbocycles. The maximum Gasteiger partial charge on any atom is 0.223 e. The van der Waals surface area contributed by atoms with Crippen LogP contribution in [0.3, 0.4) is 0 Å². The minimum absolute atomic E-state index is 0.0640. The summed E-state index contributed by atoms with van der Waals surface area (Å²) in [4.78, 5) is 13.9. The number of hydrogen-bond donors (Lipinski definition) is 1. The molecule has 1 aliphatic rings. The van der Waals surface area contributed by atoms with Gasteiger partial charge in [0.2, 0.25) is 5.91 Å². The second-order valence-electron chi connectivity index (χ2n) is 6.01. The summed E-state index contributed by atoms with van der Waals surface area (Å²) >= 11 is -1.92. The Hall–Kier alpha value is -1.20. The fourth-order valence-corrected chi connectivity index (χ4v) is 2.89. The van der Waals surface area contributed by atoms with Crippen LogP contribution in [0.1, 0.15) is 31.4 Å². The summed E-state index contributed by atoms with van der Waals surface area (Å²) in [5.74, 6) is -0.0135. The Bertz CT molecular complexity index is 524. The first-order chi connectivity index (χ1) is 9.30. The summed E-state index contributed by atoms with van der Waals surface area (Å²) in [6.45, 7) is 6.64. The van der Waals surface area contributed by atoms with E-state index in [1.165, 1.54) is 5.56 Å². The fraction of sp³-hybridized carbons (Fsp3) is 0.533. The molecule has 5 heteroatoms. The highest BCUT2D eigenvalue weighted by molar-refractivity contribution is 7.80. The SMILES string of the molecule is Cc1ccc(CN2CC(C(C)(C)S(=O)O)CC2=O)cc1. The average molecular weight is 295 g/mol. The zero-order valence-corrected chi connectivity index (χ0v) is 12.9.